The average Bonchev–Trinajstić information content (AvgIpc) is 3.22. The number of rotatable bonds is 6. The van der Waals surface area contributed by atoms with Crippen LogP contribution in [-0.2, 0) is 16.0 Å². The van der Waals surface area contributed by atoms with E-state index in [9.17, 15) is 4.79 Å². The van der Waals surface area contributed by atoms with Crippen LogP contribution in [0.5, 0.6) is 11.5 Å². The molecule has 1 atom stereocenters. The minimum atomic E-state index is -0.194. The number of fused-ring (bicyclic) bond motifs is 1. The summed E-state index contributed by atoms with van der Waals surface area (Å²) in [7, 11) is 0. The molecule has 1 aromatic heterocycles. The van der Waals surface area contributed by atoms with E-state index in [0.717, 1.165) is 70.0 Å². The zero-order chi connectivity index (χ0) is 24.9. The molecule has 3 aliphatic heterocycles. The number of amides is 1. The highest BCUT2D eigenvalue weighted by atomic mass is 32.1. The molecule has 196 valence electrons. The van der Waals surface area contributed by atoms with E-state index in [1.165, 1.54) is 27.3 Å². The molecule has 3 aliphatic rings. The van der Waals surface area contributed by atoms with Gasteiger partial charge >= 0.3 is 6.09 Å². The predicted octanol–water partition coefficient (Wildman–Crippen LogP) is 5.49. The molecule has 0 aliphatic carbocycles. The van der Waals surface area contributed by atoms with Crippen molar-refractivity contribution in [3.05, 3.63) is 34.7 Å². The quantitative estimate of drug-likeness (QED) is 0.508. The van der Waals surface area contributed by atoms with Crippen molar-refractivity contribution in [3.63, 3.8) is 0 Å². The van der Waals surface area contributed by atoms with Gasteiger partial charge in [0.1, 0.15) is 13.2 Å². The van der Waals surface area contributed by atoms with Gasteiger partial charge in [-0.25, -0.2) is 4.79 Å². The van der Waals surface area contributed by atoms with Crippen molar-refractivity contribution in [2.45, 2.75) is 64.6 Å². The summed E-state index contributed by atoms with van der Waals surface area (Å²) in [6.07, 6.45) is 5.22. The van der Waals surface area contributed by atoms with E-state index in [2.05, 4.69) is 36.1 Å². The summed E-state index contributed by atoms with van der Waals surface area (Å²) in [6.45, 7) is 9.55. The van der Waals surface area contributed by atoms with Crippen LogP contribution >= 0.6 is 11.3 Å². The van der Waals surface area contributed by atoms with Crippen LogP contribution < -0.4 is 9.47 Å². The summed E-state index contributed by atoms with van der Waals surface area (Å²) in [5.74, 6) is 1.69. The fourth-order valence-corrected chi connectivity index (χ4v) is 6.26. The number of nitrogens with zero attached hydrogens (tertiary/aromatic N) is 2. The fourth-order valence-electron chi connectivity index (χ4n) is 5.40. The number of hydrogen-bond donors (Lipinski definition) is 0. The second-order valence-corrected chi connectivity index (χ2v) is 11.2. The van der Waals surface area contributed by atoms with Crippen molar-refractivity contribution >= 4 is 17.4 Å². The van der Waals surface area contributed by atoms with Crippen molar-refractivity contribution in [2.24, 2.45) is 0 Å². The number of aryl methyl sites for hydroxylation is 1. The van der Waals surface area contributed by atoms with Crippen LogP contribution in [0.4, 0.5) is 4.79 Å². The molecule has 2 fully saturated rings. The maximum Gasteiger partial charge on any atom is 0.409 e. The maximum absolute atomic E-state index is 12.1. The highest BCUT2D eigenvalue weighted by Gasteiger charge is 2.30. The van der Waals surface area contributed by atoms with Gasteiger partial charge in [0.05, 0.1) is 12.7 Å². The van der Waals surface area contributed by atoms with Crippen LogP contribution in [0.2, 0.25) is 0 Å². The lowest BCUT2D eigenvalue weighted by molar-refractivity contribution is -0.0115. The van der Waals surface area contributed by atoms with E-state index < -0.39 is 0 Å². The Morgan fingerprint density at radius 2 is 1.97 bits per heavy atom. The van der Waals surface area contributed by atoms with Crippen LogP contribution in [-0.4, -0.2) is 74.1 Å². The Morgan fingerprint density at radius 1 is 1.11 bits per heavy atom. The van der Waals surface area contributed by atoms with Crippen LogP contribution in [0.1, 0.15) is 49.5 Å². The number of ether oxygens (including phenoxy) is 4. The molecule has 2 saturated heterocycles. The molecule has 0 saturated carbocycles. The average molecular weight is 515 g/mol. The SMILES string of the molecule is CCOC(=O)N1CCC(N2CCOc3c(cc(-c4ccc(C)s4)cc3OC[C@H]3CCCCO3)C2)CC1. The van der Waals surface area contributed by atoms with E-state index >= 15 is 0 Å². The molecular formula is C28H38N2O5S. The normalized spacial score (nSPS) is 21.4. The van der Waals surface area contributed by atoms with Crippen molar-refractivity contribution in [3.8, 4) is 21.9 Å². The standard InChI is InChI=1S/C28H38N2O5S/c1-3-32-28(31)29-11-9-23(10-12-29)30-13-15-34-27-22(18-30)16-21(26-8-7-20(2)36-26)17-25(27)35-19-24-6-4-5-14-33-24/h7-8,16-17,23-24H,3-6,9-15,18-19H2,1-2H3/t24-/m1/s1. The summed E-state index contributed by atoms with van der Waals surface area (Å²) in [6, 6.07) is 9.19. The minimum Gasteiger partial charge on any atom is -0.488 e. The van der Waals surface area contributed by atoms with Gasteiger partial charge in [0.25, 0.3) is 0 Å². The van der Waals surface area contributed by atoms with Crippen molar-refractivity contribution < 1.29 is 23.7 Å². The topological polar surface area (TPSA) is 60.5 Å². The smallest absolute Gasteiger partial charge is 0.409 e. The highest BCUT2D eigenvalue weighted by molar-refractivity contribution is 7.15. The number of piperidine rings is 1. The minimum absolute atomic E-state index is 0.147. The third kappa shape index (κ3) is 5.98. The van der Waals surface area contributed by atoms with E-state index in [1.807, 2.05) is 11.8 Å². The Kier molecular flexibility index (Phi) is 8.34. The van der Waals surface area contributed by atoms with Crippen molar-refractivity contribution in [1.82, 2.24) is 9.80 Å². The molecule has 7 nitrogen and oxygen atoms in total. The number of hydrogen-bond acceptors (Lipinski definition) is 7. The van der Waals surface area contributed by atoms with Gasteiger partial charge in [0.2, 0.25) is 0 Å². The number of carbonyl (C=O) groups excluding carboxylic acids is 1. The lowest BCUT2D eigenvalue weighted by Gasteiger charge is -2.37. The van der Waals surface area contributed by atoms with E-state index in [4.69, 9.17) is 18.9 Å². The first-order valence-electron chi connectivity index (χ1n) is 13.4. The molecule has 36 heavy (non-hydrogen) atoms. The Bertz CT molecular complexity index is 1030. The van der Waals surface area contributed by atoms with Gasteiger partial charge < -0.3 is 23.8 Å². The molecule has 0 N–H and O–H groups in total. The van der Waals surface area contributed by atoms with Crippen molar-refractivity contribution in [1.29, 1.82) is 0 Å². The highest BCUT2D eigenvalue weighted by Crippen LogP contribution is 2.41. The van der Waals surface area contributed by atoms with Gasteiger partial charge in [-0.05, 0) is 75.8 Å². The summed E-state index contributed by atoms with van der Waals surface area (Å²) in [5, 5.41) is 0. The third-order valence-corrected chi connectivity index (χ3v) is 8.41. The van der Waals surface area contributed by atoms with Crippen LogP contribution in [0.25, 0.3) is 10.4 Å². The molecule has 5 rings (SSSR count). The van der Waals surface area contributed by atoms with Gasteiger partial charge in [-0.3, -0.25) is 4.90 Å². The number of carbonyl (C=O) groups is 1. The van der Waals surface area contributed by atoms with E-state index in [1.54, 1.807) is 11.3 Å². The Morgan fingerprint density at radius 3 is 2.69 bits per heavy atom. The van der Waals surface area contributed by atoms with Crippen molar-refractivity contribution in [2.75, 3.05) is 46.1 Å². The lowest BCUT2D eigenvalue weighted by atomic mass is 10.0. The van der Waals surface area contributed by atoms with Gasteiger partial charge in [-0.15, -0.1) is 11.3 Å². The molecule has 0 bridgehead atoms. The third-order valence-electron chi connectivity index (χ3n) is 7.36. The Balaban J connectivity index is 1.34. The first-order valence-corrected chi connectivity index (χ1v) is 14.2. The summed E-state index contributed by atoms with van der Waals surface area (Å²) >= 11 is 1.80. The van der Waals surface area contributed by atoms with E-state index in [-0.39, 0.29) is 12.2 Å². The molecule has 1 aromatic carbocycles. The van der Waals surface area contributed by atoms with Crippen LogP contribution in [0.3, 0.4) is 0 Å². The molecule has 4 heterocycles. The maximum atomic E-state index is 12.1. The fraction of sp³-hybridized carbons (Fsp3) is 0.607. The van der Waals surface area contributed by atoms with Gasteiger partial charge in [0, 0.05) is 54.1 Å². The van der Waals surface area contributed by atoms with Gasteiger partial charge in [-0.1, -0.05) is 0 Å². The first kappa shape index (κ1) is 25.4. The van der Waals surface area contributed by atoms with Gasteiger partial charge in [-0.2, -0.15) is 0 Å². The van der Waals surface area contributed by atoms with Crippen LogP contribution in [0.15, 0.2) is 24.3 Å². The molecule has 8 heteroatoms. The monoisotopic (exact) mass is 514 g/mol. The Labute approximate surface area is 218 Å². The zero-order valence-corrected chi connectivity index (χ0v) is 22.3. The molecule has 0 radical (unpaired) electrons. The Hall–Kier alpha value is -2.29. The van der Waals surface area contributed by atoms with E-state index in [0.29, 0.717) is 25.9 Å². The molecular weight excluding hydrogens is 476 g/mol. The summed E-state index contributed by atoms with van der Waals surface area (Å²) in [4.78, 5) is 19.0. The lowest BCUT2D eigenvalue weighted by Crippen LogP contribution is -2.47. The molecule has 0 spiro atoms. The number of thiophene rings is 1. The summed E-state index contributed by atoms with van der Waals surface area (Å²) in [5.41, 5.74) is 2.34. The molecule has 0 unspecified atom stereocenters. The zero-order valence-electron chi connectivity index (χ0n) is 21.5. The largest absolute Gasteiger partial charge is 0.488 e. The summed E-state index contributed by atoms with van der Waals surface area (Å²) < 4.78 is 23.8. The van der Waals surface area contributed by atoms with Gasteiger partial charge in [0.15, 0.2) is 11.5 Å². The second kappa shape index (κ2) is 11.8. The second-order valence-electron chi connectivity index (χ2n) is 9.91. The first-order chi connectivity index (χ1) is 17.6. The molecule has 2 aromatic rings. The number of benzene rings is 1. The van der Waals surface area contributed by atoms with Crippen LogP contribution in [0, 0.1) is 6.92 Å². The predicted molar refractivity (Wildman–Crippen MR) is 141 cm³/mol. The molecule has 1 amide bonds. The number of likely N-dealkylation sites (tertiary alicyclic amines) is 1.